The first kappa shape index (κ1) is 11.4. The van der Waals surface area contributed by atoms with Gasteiger partial charge in [-0.2, -0.15) is 0 Å². The van der Waals surface area contributed by atoms with Crippen molar-refractivity contribution in [2.75, 3.05) is 39.3 Å². The van der Waals surface area contributed by atoms with E-state index in [2.05, 4.69) is 24.1 Å². The maximum Gasteiger partial charge on any atom is 0.0596 e. The molecule has 0 bridgehead atoms. The summed E-state index contributed by atoms with van der Waals surface area (Å²) in [4.78, 5) is 2.56. The van der Waals surface area contributed by atoms with Crippen LogP contribution in [0.25, 0.3) is 0 Å². The van der Waals surface area contributed by atoms with Gasteiger partial charge in [0.15, 0.2) is 0 Å². The van der Waals surface area contributed by atoms with E-state index in [9.17, 15) is 0 Å². The van der Waals surface area contributed by atoms with E-state index < -0.39 is 0 Å². The fraction of sp³-hybridized carbons (Fsp3) is 1.00. The number of rotatable bonds is 4. The molecule has 2 aliphatic heterocycles. The predicted octanol–water partition coefficient (Wildman–Crippen LogP) is 1.10. The summed E-state index contributed by atoms with van der Waals surface area (Å²) in [6.45, 7) is 11.2. The van der Waals surface area contributed by atoms with Crippen LogP contribution in [0.3, 0.4) is 0 Å². The Hall–Kier alpha value is -0.120. The average molecular weight is 212 g/mol. The molecular weight excluding hydrogens is 188 g/mol. The molecule has 1 unspecified atom stereocenters. The van der Waals surface area contributed by atoms with Crippen LogP contribution in [0.5, 0.6) is 0 Å². The summed E-state index contributed by atoms with van der Waals surface area (Å²) in [5.41, 5.74) is 0.609. The molecular formula is C12H24N2O. The second-order valence-corrected chi connectivity index (χ2v) is 5.37. The smallest absolute Gasteiger partial charge is 0.0596 e. The van der Waals surface area contributed by atoms with Crippen LogP contribution in [0, 0.1) is 5.41 Å². The van der Waals surface area contributed by atoms with Crippen molar-refractivity contribution in [3.63, 3.8) is 0 Å². The Labute approximate surface area is 93.2 Å². The van der Waals surface area contributed by atoms with Gasteiger partial charge in [-0.05, 0) is 45.2 Å². The highest BCUT2D eigenvalue weighted by molar-refractivity contribution is 4.95. The quantitative estimate of drug-likeness (QED) is 0.755. The largest absolute Gasteiger partial charge is 0.377 e. The van der Waals surface area contributed by atoms with Crippen LogP contribution in [0.1, 0.15) is 26.7 Å². The molecule has 1 atom stereocenters. The zero-order valence-electron chi connectivity index (χ0n) is 10.1. The highest BCUT2D eigenvalue weighted by Crippen LogP contribution is 2.35. The SMILES string of the molecule is CC(C)OCCN1CCC2(CCNC2)C1. The molecule has 88 valence electrons. The van der Waals surface area contributed by atoms with E-state index in [1.54, 1.807) is 0 Å². The Morgan fingerprint density at radius 1 is 1.40 bits per heavy atom. The van der Waals surface area contributed by atoms with Crippen molar-refractivity contribution >= 4 is 0 Å². The van der Waals surface area contributed by atoms with Gasteiger partial charge in [0.2, 0.25) is 0 Å². The van der Waals surface area contributed by atoms with E-state index >= 15 is 0 Å². The topological polar surface area (TPSA) is 24.5 Å². The molecule has 0 amide bonds. The summed E-state index contributed by atoms with van der Waals surface area (Å²) in [6, 6.07) is 0. The van der Waals surface area contributed by atoms with E-state index in [-0.39, 0.29) is 0 Å². The lowest BCUT2D eigenvalue weighted by Gasteiger charge is -2.23. The van der Waals surface area contributed by atoms with Gasteiger partial charge in [-0.25, -0.2) is 0 Å². The number of ether oxygens (including phenoxy) is 1. The average Bonchev–Trinajstić information content (AvgIpc) is 2.78. The molecule has 0 saturated carbocycles. The molecule has 2 fully saturated rings. The van der Waals surface area contributed by atoms with Crippen molar-refractivity contribution < 1.29 is 4.74 Å². The summed E-state index contributed by atoms with van der Waals surface area (Å²) in [7, 11) is 0. The third-order valence-corrected chi connectivity index (χ3v) is 3.71. The Kier molecular flexibility index (Phi) is 3.65. The Morgan fingerprint density at radius 3 is 2.93 bits per heavy atom. The molecule has 15 heavy (non-hydrogen) atoms. The molecule has 2 saturated heterocycles. The summed E-state index contributed by atoms with van der Waals surface area (Å²) in [5, 5.41) is 3.49. The number of hydrogen-bond acceptors (Lipinski definition) is 3. The van der Waals surface area contributed by atoms with Crippen molar-refractivity contribution in [2.45, 2.75) is 32.8 Å². The Balaban J connectivity index is 1.68. The molecule has 3 heteroatoms. The number of nitrogens with one attached hydrogen (secondary N) is 1. The van der Waals surface area contributed by atoms with Gasteiger partial charge in [0.25, 0.3) is 0 Å². The molecule has 3 nitrogen and oxygen atoms in total. The van der Waals surface area contributed by atoms with Gasteiger partial charge >= 0.3 is 0 Å². The molecule has 1 N–H and O–H groups in total. The first-order valence-electron chi connectivity index (χ1n) is 6.25. The zero-order valence-corrected chi connectivity index (χ0v) is 10.1. The van der Waals surface area contributed by atoms with E-state index in [4.69, 9.17) is 4.74 Å². The summed E-state index contributed by atoms with van der Waals surface area (Å²) in [5.74, 6) is 0. The van der Waals surface area contributed by atoms with Crippen LogP contribution < -0.4 is 5.32 Å². The Morgan fingerprint density at radius 2 is 2.27 bits per heavy atom. The molecule has 0 aliphatic carbocycles. The van der Waals surface area contributed by atoms with E-state index in [0.29, 0.717) is 11.5 Å². The first-order valence-corrected chi connectivity index (χ1v) is 6.25. The van der Waals surface area contributed by atoms with Crippen molar-refractivity contribution in [1.29, 1.82) is 0 Å². The molecule has 2 rings (SSSR count). The molecule has 0 radical (unpaired) electrons. The number of likely N-dealkylation sites (tertiary alicyclic amines) is 1. The third-order valence-electron chi connectivity index (χ3n) is 3.71. The molecule has 2 heterocycles. The first-order chi connectivity index (χ1) is 7.20. The molecule has 0 aromatic rings. The highest BCUT2D eigenvalue weighted by Gasteiger charge is 2.39. The normalized spacial score (nSPS) is 32.2. The predicted molar refractivity (Wildman–Crippen MR) is 62.1 cm³/mol. The third kappa shape index (κ3) is 2.92. The molecule has 1 spiro atoms. The lowest BCUT2D eigenvalue weighted by atomic mass is 9.87. The minimum Gasteiger partial charge on any atom is -0.377 e. The number of nitrogens with zero attached hydrogens (tertiary/aromatic N) is 1. The van der Waals surface area contributed by atoms with Gasteiger partial charge in [0.05, 0.1) is 12.7 Å². The zero-order chi connectivity index (χ0) is 10.7. The van der Waals surface area contributed by atoms with Crippen LogP contribution in [0.4, 0.5) is 0 Å². The molecule has 0 aromatic carbocycles. The minimum absolute atomic E-state index is 0.370. The second kappa shape index (κ2) is 4.81. The van der Waals surface area contributed by atoms with Crippen LogP contribution in [0.15, 0.2) is 0 Å². The Bertz CT molecular complexity index is 200. The van der Waals surface area contributed by atoms with Gasteiger partial charge in [0.1, 0.15) is 0 Å². The van der Waals surface area contributed by atoms with Gasteiger partial charge in [-0.3, -0.25) is 0 Å². The van der Waals surface area contributed by atoms with Crippen molar-refractivity contribution in [3.8, 4) is 0 Å². The van der Waals surface area contributed by atoms with Crippen molar-refractivity contribution in [3.05, 3.63) is 0 Å². The van der Waals surface area contributed by atoms with Crippen LogP contribution >= 0.6 is 0 Å². The van der Waals surface area contributed by atoms with Gasteiger partial charge in [-0.1, -0.05) is 0 Å². The van der Waals surface area contributed by atoms with Crippen LogP contribution in [0.2, 0.25) is 0 Å². The van der Waals surface area contributed by atoms with Crippen molar-refractivity contribution in [2.24, 2.45) is 5.41 Å². The fourth-order valence-electron chi connectivity index (χ4n) is 2.78. The highest BCUT2D eigenvalue weighted by atomic mass is 16.5. The summed E-state index contributed by atoms with van der Waals surface area (Å²) >= 11 is 0. The maximum atomic E-state index is 5.60. The lowest BCUT2D eigenvalue weighted by molar-refractivity contribution is 0.0616. The van der Waals surface area contributed by atoms with Crippen LogP contribution in [-0.4, -0.2) is 50.3 Å². The van der Waals surface area contributed by atoms with E-state index in [1.807, 2.05) is 0 Å². The van der Waals surface area contributed by atoms with Gasteiger partial charge < -0.3 is 15.0 Å². The maximum absolute atomic E-state index is 5.60. The van der Waals surface area contributed by atoms with Crippen molar-refractivity contribution in [1.82, 2.24) is 10.2 Å². The monoisotopic (exact) mass is 212 g/mol. The van der Waals surface area contributed by atoms with E-state index in [1.165, 1.54) is 39.0 Å². The molecule has 2 aliphatic rings. The fourth-order valence-corrected chi connectivity index (χ4v) is 2.78. The summed E-state index contributed by atoms with van der Waals surface area (Å²) in [6.07, 6.45) is 3.12. The standard InChI is InChI=1S/C12H24N2O/c1-11(2)15-8-7-14-6-4-12(10-14)3-5-13-9-12/h11,13H,3-10H2,1-2H3. The minimum atomic E-state index is 0.370. The van der Waals surface area contributed by atoms with E-state index in [0.717, 1.165) is 13.2 Å². The molecule has 0 aromatic heterocycles. The van der Waals surface area contributed by atoms with Crippen LogP contribution in [-0.2, 0) is 4.74 Å². The summed E-state index contributed by atoms with van der Waals surface area (Å²) < 4.78 is 5.60. The van der Waals surface area contributed by atoms with Gasteiger partial charge in [-0.15, -0.1) is 0 Å². The lowest BCUT2D eigenvalue weighted by Crippen LogP contribution is -2.31. The van der Waals surface area contributed by atoms with Gasteiger partial charge in [0, 0.05) is 19.6 Å². The number of hydrogen-bond donors (Lipinski definition) is 1. The second-order valence-electron chi connectivity index (χ2n) is 5.37.